The third-order valence-electron chi connectivity index (χ3n) is 6.94. The van der Waals surface area contributed by atoms with E-state index in [-0.39, 0.29) is 24.0 Å². The monoisotopic (exact) mass is 507 g/mol. The van der Waals surface area contributed by atoms with Gasteiger partial charge in [-0.25, -0.2) is 0 Å². The minimum atomic E-state index is 0.0494. The molecule has 37 heavy (non-hydrogen) atoms. The molecule has 2 amide bonds. The van der Waals surface area contributed by atoms with Crippen molar-refractivity contribution in [2.45, 2.75) is 71.2 Å². The van der Waals surface area contributed by atoms with Crippen LogP contribution in [0.4, 0.5) is 0 Å². The summed E-state index contributed by atoms with van der Waals surface area (Å²) in [4.78, 5) is 29.7. The molecule has 0 aliphatic carbocycles. The molecule has 1 N–H and O–H groups in total. The number of rotatable bonds is 5. The largest absolute Gasteiger partial charge is 0.493 e. The van der Waals surface area contributed by atoms with Crippen molar-refractivity contribution in [3.05, 3.63) is 65.2 Å². The van der Waals surface area contributed by atoms with E-state index in [9.17, 15) is 9.59 Å². The van der Waals surface area contributed by atoms with Crippen molar-refractivity contribution in [1.29, 1.82) is 0 Å². The van der Waals surface area contributed by atoms with Gasteiger partial charge in [-0.05, 0) is 56.7 Å². The van der Waals surface area contributed by atoms with Crippen molar-refractivity contribution < 1.29 is 19.1 Å². The van der Waals surface area contributed by atoms with Gasteiger partial charge in [-0.2, -0.15) is 0 Å². The average Bonchev–Trinajstić information content (AvgIpc) is 2.88. The van der Waals surface area contributed by atoms with Gasteiger partial charge in [0.1, 0.15) is 5.75 Å². The first-order valence-corrected chi connectivity index (χ1v) is 13.7. The Morgan fingerprint density at radius 3 is 2.54 bits per heavy atom. The molecule has 2 atom stereocenters. The zero-order valence-electron chi connectivity index (χ0n) is 22.3. The van der Waals surface area contributed by atoms with Crippen LogP contribution >= 0.6 is 0 Å². The van der Waals surface area contributed by atoms with Gasteiger partial charge in [-0.1, -0.05) is 42.5 Å². The van der Waals surface area contributed by atoms with Crippen LogP contribution in [-0.2, 0) is 33.8 Å². The SMILES string of the molecule is CC1CN(C(=O)CCc2ccc3c(c2)CN(Cc2ccccc2)CC(=O)NCCCCCO3)CC(C)O1. The zero-order chi connectivity index (χ0) is 26.0. The molecule has 0 radical (unpaired) electrons. The topological polar surface area (TPSA) is 71.1 Å². The molecule has 0 bridgehead atoms. The highest BCUT2D eigenvalue weighted by Crippen LogP contribution is 2.25. The first-order valence-electron chi connectivity index (χ1n) is 13.7. The molecule has 0 spiro atoms. The molecular weight excluding hydrogens is 466 g/mol. The molecule has 1 saturated heterocycles. The van der Waals surface area contributed by atoms with E-state index in [4.69, 9.17) is 9.47 Å². The summed E-state index contributed by atoms with van der Waals surface area (Å²) >= 11 is 0. The van der Waals surface area contributed by atoms with E-state index in [1.165, 1.54) is 0 Å². The summed E-state index contributed by atoms with van der Waals surface area (Å²) in [5, 5.41) is 3.07. The van der Waals surface area contributed by atoms with Crippen LogP contribution in [0.1, 0.15) is 56.2 Å². The molecule has 4 rings (SSSR count). The minimum Gasteiger partial charge on any atom is -0.493 e. The standard InChI is InChI=1S/C30H41N3O4/c1-23-18-33(19-24(2)37-23)30(35)14-12-25-11-13-28-27(17-25)21-32(20-26-9-5-3-6-10-26)22-29(34)31-15-7-4-8-16-36-28/h3,5-6,9-11,13,17,23-24H,4,7-8,12,14-16,18-22H2,1-2H3,(H,31,34). The van der Waals surface area contributed by atoms with Gasteiger partial charge in [0.25, 0.3) is 0 Å². The van der Waals surface area contributed by atoms with Crippen molar-refractivity contribution in [3.63, 3.8) is 0 Å². The van der Waals surface area contributed by atoms with Gasteiger partial charge < -0.3 is 19.7 Å². The second-order valence-corrected chi connectivity index (χ2v) is 10.4. The molecule has 2 aliphatic rings. The van der Waals surface area contributed by atoms with E-state index in [2.05, 4.69) is 34.5 Å². The maximum atomic E-state index is 12.9. The molecule has 7 nitrogen and oxygen atoms in total. The predicted molar refractivity (Wildman–Crippen MR) is 144 cm³/mol. The Morgan fingerprint density at radius 1 is 0.973 bits per heavy atom. The molecule has 1 fully saturated rings. The molecule has 0 saturated carbocycles. The maximum absolute atomic E-state index is 12.9. The number of fused-ring (bicyclic) bond motifs is 1. The molecule has 200 valence electrons. The Hall–Kier alpha value is -2.90. The van der Waals surface area contributed by atoms with E-state index >= 15 is 0 Å². The lowest BCUT2D eigenvalue weighted by Crippen LogP contribution is -2.48. The van der Waals surface area contributed by atoms with E-state index in [0.717, 1.165) is 41.7 Å². The normalized spacial score (nSPS) is 22.0. The molecular formula is C30H41N3O4. The van der Waals surface area contributed by atoms with Crippen molar-refractivity contribution in [2.75, 3.05) is 32.8 Å². The summed E-state index contributed by atoms with van der Waals surface area (Å²) in [6.07, 6.45) is 4.20. The number of carbonyl (C=O) groups is 2. The quantitative estimate of drug-likeness (QED) is 0.664. The van der Waals surface area contributed by atoms with E-state index in [0.29, 0.717) is 58.7 Å². The Labute approximate surface area is 221 Å². The van der Waals surface area contributed by atoms with Crippen LogP contribution in [-0.4, -0.2) is 66.6 Å². The summed E-state index contributed by atoms with van der Waals surface area (Å²) < 4.78 is 12.0. The Bertz CT molecular complexity index is 1020. The van der Waals surface area contributed by atoms with Crippen molar-refractivity contribution >= 4 is 11.8 Å². The number of morpholine rings is 1. The van der Waals surface area contributed by atoms with Crippen molar-refractivity contribution in [2.24, 2.45) is 0 Å². The highest BCUT2D eigenvalue weighted by atomic mass is 16.5. The fourth-order valence-electron chi connectivity index (χ4n) is 5.17. The van der Waals surface area contributed by atoms with Gasteiger partial charge in [-0.3, -0.25) is 14.5 Å². The number of benzene rings is 2. The maximum Gasteiger partial charge on any atom is 0.234 e. The molecule has 2 aliphatic heterocycles. The van der Waals surface area contributed by atoms with Gasteiger partial charge >= 0.3 is 0 Å². The summed E-state index contributed by atoms with van der Waals surface area (Å²) in [6.45, 7) is 8.28. The number of nitrogens with one attached hydrogen (secondary N) is 1. The predicted octanol–water partition coefficient (Wildman–Crippen LogP) is 3.94. The second kappa shape index (κ2) is 13.6. The summed E-state index contributed by atoms with van der Waals surface area (Å²) in [5.41, 5.74) is 3.33. The number of aryl methyl sites for hydroxylation is 1. The summed E-state index contributed by atoms with van der Waals surface area (Å²) in [7, 11) is 0. The average molecular weight is 508 g/mol. The highest BCUT2D eigenvalue weighted by molar-refractivity contribution is 5.78. The number of hydrogen-bond donors (Lipinski definition) is 1. The van der Waals surface area contributed by atoms with Crippen LogP contribution in [0.15, 0.2) is 48.5 Å². The fourth-order valence-corrected chi connectivity index (χ4v) is 5.17. The number of carbonyl (C=O) groups excluding carboxylic acids is 2. The smallest absolute Gasteiger partial charge is 0.234 e. The third-order valence-corrected chi connectivity index (χ3v) is 6.94. The Morgan fingerprint density at radius 2 is 1.76 bits per heavy atom. The number of amides is 2. The van der Waals surface area contributed by atoms with Crippen molar-refractivity contribution in [1.82, 2.24) is 15.1 Å². The lowest BCUT2D eigenvalue weighted by molar-refractivity contribution is -0.143. The summed E-state index contributed by atoms with van der Waals surface area (Å²) in [6, 6.07) is 16.5. The van der Waals surface area contributed by atoms with Crippen LogP contribution < -0.4 is 10.1 Å². The van der Waals surface area contributed by atoms with Crippen LogP contribution in [0.2, 0.25) is 0 Å². The number of ether oxygens (including phenoxy) is 2. The van der Waals surface area contributed by atoms with Gasteiger partial charge in [0.15, 0.2) is 0 Å². The fraction of sp³-hybridized carbons (Fsp3) is 0.533. The van der Waals surface area contributed by atoms with Gasteiger partial charge in [-0.15, -0.1) is 0 Å². The molecule has 2 unspecified atom stereocenters. The van der Waals surface area contributed by atoms with E-state index in [1.54, 1.807) is 0 Å². The lowest BCUT2D eigenvalue weighted by atomic mass is 10.0. The van der Waals surface area contributed by atoms with Crippen LogP contribution in [0.5, 0.6) is 5.75 Å². The van der Waals surface area contributed by atoms with Crippen LogP contribution in [0, 0.1) is 0 Å². The van der Waals surface area contributed by atoms with E-state index in [1.807, 2.05) is 43.0 Å². The molecule has 2 aromatic rings. The molecule has 2 aromatic carbocycles. The van der Waals surface area contributed by atoms with Gasteiger partial charge in [0.05, 0.1) is 25.4 Å². The first-order chi connectivity index (χ1) is 18.0. The Kier molecular flexibility index (Phi) is 9.97. The summed E-state index contributed by atoms with van der Waals surface area (Å²) in [5.74, 6) is 1.08. The molecule has 7 heteroatoms. The molecule has 0 aromatic heterocycles. The zero-order valence-corrected chi connectivity index (χ0v) is 22.3. The minimum absolute atomic E-state index is 0.0494. The lowest BCUT2D eigenvalue weighted by Gasteiger charge is -2.35. The third kappa shape index (κ3) is 8.58. The number of hydrogen-bond acceptors (Lipinski definition) is 5. The van der Waals surface area contributed by atoms with Crippen molar-refractivity contribution in [3.8, 4) is 5.75 Å². The molecule has 2 heterocycles. The second-order valence-electron chi connectivity index (χ2n) is 10.4. The van der Waals surface area contributed by atoms with Gasteiger partial charge in [0.2, 0.25) is 11.8 Å². The Balaban J connectivity index is 1.49. The number of nitrogens with zero attached hydrogens (tertiary/aromatic N) is 2. The van der Waals surface area contributed by atoms with Crippen LogP contribution in [0.25, 0.3) is 0 Å². The van der Waals surface area contributed by atoms with Gasteiger partial charge in [0, 0.05) is 44.7 Å². The van der Waals surface area contributed by atoms with Crippen LogP contribution in [0.3, 0.4) is 0 Å². The highest BCUT2D eigenvalue weighted by Gasteiger charge is 2.25. The first kappa shape index (κ1) is 27.1. The van der Waals surface area contributed by atoms with E-state index < -0.39 is 0 Å².